The molecule has 0 radical (unpaired) electrons. The molecular weight excluding hydrogens is 493 g/mol. The van der Waals surface area contributed by atoms with Crippen LogP contribution in [0.2, 0.25) is 5.02 Å². The summed E-state index contributed by atoms with van der Waals surface area (Å²) in [7, 11) is 1.48. The number of ether oxygens (including phenoxy) is 1. The molecule has 0 bridgehead atoms. The van der Waals surface area contributed by atoms with E-state index in [9.17, 15) is 23.1 Å². The van der Waals surface area contributed by atoms with Gasteiger partial charge in [-0.25, -0.2) is 4.79 Å². The van der Waals surface area contributed by atoms with E-state index in [0.29, 0.717) is 27.5 Å². The van der Waals surface area contributed by atoms with Crippen molar-refractivity contribution in [3.05, 3.63) is 87.9 Å². The second-order valence-corrected chi connectivity index (χ2v) is 9.24. The van der Waals surface area contributed by atoms with Gasteiger partial charge in [-0.15, -0.1) is 0 Å². The number of amides is 1. The van der Waals surface area contributed by atoms with Gasteiger partial charge in [-0.2, -0.15) is 13.2 Å². The Morgan fingerprint density at radius 1 is 1.03 bits per heavy atom. The number of hydrogen-bond acceptors (Lipinski definition) is 3. The minimum Gasteiger partial charge on any atom is -0.496 e. The van der Waals surface area contributed by atoms with Gasteiger partial charge >= 0.3 is 12.3 Å². The molecule has 3 aromatic rings. The molecule has 1 unspecified atom stereocenters. The Morgan fingerprint density at radius 2 is 1.67 bits per heavy atom. The number of alkyl halides is 3. The van der Waals surface area contributed by atoms with Crippen molar-refractivity contribution in [3.8, 4) is 16.9 Å². The second-order valence-electron chi connectivity index (χ2n) is 8.81. The zero-order valence-corrected chi connectivity index (χ0v) is 20.9. The highest BCUT2D eigenvalue weighted by atomic mass is 35.5. The zero-order valence-electron chi connectivity index (χ0n) is 20.1. The maximum absolute atomic E-state index is 13.6. The molecule has 0 heterocycles. The van der Waals surface area contributed by atoms with Gasteiger partial charge in [-0.05, 0) is 64.6 Å². The first-order chi connectivity index (χ1) is 16.9. The van der Waals surface area contributed by atoms with Crippen LogP contribution >= 0.6 is 11.6 Å². The summed E-state index contributed by atoms with van der Waals surface area (Å²) in [5, 5.41) is 10.4. The SMILES string of the molecule is COc1ccc(C(C)C)cc1-c1ccc(C(F)(F)F)cc1CN(CC(N)c1ccc(Cl)cc1)C(=O)O. The summed E-state index contributed by atoms with van der Waals surface area (Å²) in [5.41, 5.74) is 8.22. The maximum Gasteiger partial charge on any atom is 0.416 e. The molecule has 0 saturated heterocycles. The zero-order chi connectivity index (χ0) is 26.6. The smallest absolute Gasteiger partial charge is 0.416 e. The maximum atomic E-state index is 13.6. The first-order valence-corrected chi connectivity index (χ1v) is 11.7. The summed E-state index contributed by atoms with van der Waals surface area (Å²) in [5.74, 6) is 0.639. The molecule has 3 N–H and O–H groups in total. The van der Waals surface area contributed by atoms with Gasteiger partial charge in [0.2, 0.25) is 0 Å². The lowest BCUT2D eigenvalue weighted by atomic mass is 9.92. The molecule has 0 aromatic heterocycles. The Balaban J connectivity index is 2.07. The lowest BCUT2D eigenvalue weighted by molar-refractivity contribution is -0.137. The lowest BCUT2D eigenvalue weighted by Gasteiger charge is -2.25. The van der Waals surface area contributed by atoms with E-state index in [1.165, 1.54) is 13.2 Å². The van der Waals surface area contributed by atoms with Crippen LogP contribution in [0.15, 0.2) is 60.7 Å². The van der Waals surface area contributed by atoms with Crippen LogP contribution in [0.4, 0.5) is 18.0 Å². The summed E-state index contributed by atoms with van der Waals surface area (Å²) in [6.07, 6.45) is -5.89. The predicted octanol–water partition coefficient (Wildman–Crippen LogP) is 7.34. The molecule has 3 aromatic carbocycles. The Kier molecular flexibility index (Phi) is 8.53. The van der Waals surface area contributed by atoms with Crippen molar-refractivity contribution in [1.29, 1.82) is 0 Å². The summed E-state index contributed by atoms with van der Waals surface area (Å²) >= 11 is 5.91. The summed E-state index contributed by atoms with van der Waals surface area (Å²) in [6, 6.07) is 14.8. The molecule has 0 saturated carbocycles. The number of methoxy groups -OCH3 is 1. The molecule has 1 amide bonds. The van der Waals surface area contributed by atoms with Crippen molar-refractivity contribution >= 4 is 17.7 Å². The van der Waals surface area contributed by atoms with Crippen molar-refractivity contribution in [2.45, 2.75) is 38.5 Å². The number of carbonyl (C=O) groups is 1. The molecule has 9 heteroatoms. The van der Waals surface area contributed by atoms with Crippen LogP contribution in [-0.2, 0) is 12.7 Å². The quantitative estimate of drug-likeness (QED) is 0.326. The van der Waals surface area contributed by atoms with Crippen LogP contribution in [0, 0.1) is 0 Å². The first kappa shape index (κ1) is 27.4. The van der Waals surface area contributed by atoms with Crippen molar-refractivity contribution in [2.24, 2.45) is 5.73 Å². The standard InChI is InChI=1S/C27H28ClF3N2O3/c1-16(2)18-6-11-25(36-3)23(13-18)22-10-7-20(27(29,30)31)12-19(22)14-33(26(34)35)15-24(32)17-4-8-21(28)9-5-17/h4-13,16,24H,14-15,32H2,1-3H3,(H,34,35). The molecule has 1 atom stereocenters. The predicted molar refractivity (Wildman–Crippen MR) is 134 cm³/mol. The van der Waals surface area contributed by atoms with Crippen LogP contribution in [0.25, 0.3) is 11.1 Å². The number of benzene rings is 3. The molecule has 0 aliphatic carbocycles. The van der Waals surface area contributed by atoms with Gasteiger partial charge in [0.05, 0.1) is 12.7 Å². The van der Waals surface area contributed by atoms with Gasteiger partial charge in [0.25, 0.3) is 0 Å². The van der Waals surface area contributed by atoms with Crippen LogP contribution in [0.3, 0.4) is 0 Å². The Bertz CT molecular complexity index is 1210. The van der Waals surface area contributed by atoms with E-state index in [-0.39, 0.29) is 24.6 Å². The van der Waals surface area contributed by atoms with Gasteiger partial charge in [0, 0.05) is 29.7 Å². The van der Waals surface area contributed by atoms with Crippen LogP contribution in [0.1, 0.15) is 48.1 Å². The van der Waals surface area contributed by atoms with Crippen molar-refractivity contribution in [1.82, 2.24) is 4.90 Å². The molecular formula is C27H28ClF3N2O3. The van der Waals surface area contributed by atoms with E-state index >= 15 is 0 Å². The molecule has 0 spiro atoms. The van der Waals surface area contributed by atoms with E-state index in [4.69, 9.17) is 22.1 Å². The number of nitrogens with two attached hydrogens (primary N) is 1. The van der Waals surface area contributed by atoms with Crippen molar-refractivity contribution in [3.63, 3.8) is 0 Å². The minimum atomic E-state index is -4.59. The third-order valence-corrected chi connectivity index (χ3v) is 6.21. The number of rotatable bonds is 8. The third kappa shape index (κ3) is 6.50. The Morgan fingerprint density at radius 3 is 2.22 bits per heavy atom. The molecule has 36 heavy (non-hydrogen) atoms. The average molecular weight is 521 g/mol. The molecule has 0 fully saturated rings. The fourth-order valence-corrected chi connectivity index (χ4v) is 4.05. The number of halogens is 4. The highest BCUT2D eigenvalue weighted by Crippen LogP contribution is 2.38. The van der Waals surface area contributed by atoms with Crippen molar-refractivity contribution in [2.75, 3.05) is 13.7 Å². The van der Waals surface area contributed by atoms with E-state index < -0.39 is 23.9 Å². The fraction of sp³-hybridized carbons (Fsp3) is 0.296. The molecule has 5 nitrogen and oxygen atoms in total. The van der Waals surface area contributed by atoms with E-state index in [1.807, 2.05) is 26.0 Å². The van der Waals surface area contributed by atoms with Crippen LogP contribution in [0.5, 0.6) is 5.75 Å². The summed E-state index contributed by atoms with van der Waals surface area (Å²) in [4.78, 5) is 13.1. The topological polar surface area (TPSA) is 75.8 Å². The molecule has 0 aliphatic rings. The number of hydrogen-bond donors (Lipinski definition) is 2. The molecule has 3 rings (SSSR count). The summed E-state index contributed by atoms with van der Waals surface area (Å²) < 4.78 is 46.3. The van der Waals surface area contributed by atoms with Crippen LogP contribution < -0.4 is 10.5 Å². The summed E-state index contributed by atoms with van der Waals surface area (Å²) in [6.45, 7) is 3.58. The highest BCUT2D eigenvalue weighted by Gasteiger charge is 2.32. The van der Waals surface area contributed by atoms with Gasteiger partial charge in [0.1, 0.15) is 5.75 Å². The van der Waals surface area contributed by atoms with E-state index in [2.05, 4.69) is 0 Å². The van der Waals surface area contributed by atoms with E-state index in [0.717, 1.165) is 22.6 Å². The second kappa shape index (κ2) is 11.2. The van der Waals surface area contributed by atoms with Gasteiger partial charge in [-0.1, -0.05) is 49.7 Å². The van der Waals surface area contributed by atoms with Gasteiger partial charge in [-0.3, -0.25) is 0 Å². The lowest BCUT2D eigenvalue weighted by Crippen LogP contribution is -2.36. The Labute approximate surface area is 213 Å². The Hall–Kier alpha value is -3.23. The largest absolute Gasteiger partial charge is 0.496 e. The number of nitrogens with zero attached hydrogens (tertiary/aromatic N) is 1. The average Bonchev–Trinajstić information content (AvgIpc) is 2.82. The number of carboxylic acid groups (broad SMARTS) is 1. The fourth-order valence-electron chi connectivity index (χ4n) is 3.93. The first-order valence-electron chi connectivity index (χ1n) is 11.3. The van der Waals surface area contributed by atoms with Crippen molar-refractivity contribution < 1.29 is 27.8 Å². The highest BCUT2D eigenvalue weighted by molar-refractivity contribution is 6.30. The van der Waals surface area contributed by atoms with Crippen LogP contribution in [-0.4, -0.2) is 29.8 Å². The molecule has 192 valence electrons. The third-order valence-electron chi connectivity index (χ3n) is 5.96. The molecule has 0 aliphatic heterocycles. The van der Waals surface area contributed by atoms with Gasteiger partial charge < -0.3 is 20.5 Å². The monoisotopic (exact) mass is 520 g/mol. The van der Waals surface area contributed by atoms with Gasteiger partial charge in [0.15, 0.2) is 0 Å². The van der Waals surface area contributed by atoms with E-state index in [1.54, 1.807) is 30.3 Å². The normalized spacial score (nSPS) is 12.5. The minimum absolute atomic E-state index is 0.129.